The molecule has 0 saturated heterocycles. The summed E-state index contributed by atoms with van der Waals surface area (Å²) in [6, 6.07) is 6.06. The van der Waals surface area contributed by atoms with E-state index in [1.165, 1.54) is 37.5 Å². The van der Waals surface area contributed by atoms with Crippen molar-refractivity contribution in [3.63, 3.8) is 0 Å². The SMILES string of the molecule is CCCC[C@@H]1C([Si](C)(C)C(C)(C)C)=Cc2ccc(C(=O)OC)cc21. The van der Waals surface area contributed by atoms with Crippen molar-refractivity contribution in [2.24, 2.45) is 0 Å². The Kier molecular flexibility index (Phi) is 5.43. The minimum absolute atomic E-state index is 0.243. The lowest BCUT2D eigenvalue weighted by atomic mass is 9.93. The number of rotatable bonds is 5. The maximum atomic E-state index is 11.9. The Morgan fingerprint density at radius 1 is 1.25 bits per heavy atom. The first-order chi connectivity index (χ1) is 11.1. The molecule has 0 amide bonds. The molecule has 1 aliphatic carbocycles. The molecule has 0 aliphatic heterocycles. The molecule has 24 heavy (non-hydrogen) atoms. The molecule has 0 N–H and O–H groups in total. The van der Waals surface area contributed by atoms with Gasteiger partial charge in [0.25, 0.3) is 0 Å². The van der Waals surface area contributed by atoms with E-state index in [0.717, 1.165) is 0 Å². The third kappa shape index (κ3) is 3.37. The van der Waals surface area contributed by atoms with Gasteiger partial charge in [-0.2, -0.15) is 0 Å². The van der Waals surface area contributed by atoms with Crippen LogP contribution in [-0.2, 0) is 4.74 Å². The molecule has 0 unspecified atom stereocenters. The quantitative estimate of drug-likeness (QED) is 0.470. The van der Waals surface area contributed by atoms with Crippen LogP contribution in [0.25, 0.3) is 6.08 Å². The van der Waals surface area contributed by atoms with E-state index in [-0.39, 0.29) is 5.97 Å². The summed E-state index contributed by atoms with van der Waals surface area (Å²) in [5, 5.41) is 1.96. The minimum Gasteiger partial charge on any atom is -0.465 e. The van der Waals surface area contributed by atoms with Gasteiger partial charge >= 0.3 is 5.97 Å². The van der Waals surface area contributed by atoms with Gasteiger partial charge < -0.3 is 4.74 Å². The highest BCUT2D eigenvalue weighted by atomic mass is 28.3. The van der Waals surface area contributed by atoms with Gasteiger partial charge in [-0.1, -0.05) is 71.0 Å². The molecule has 0 heterocycles. The first-order valence-corrected chi connectivity index (χ1v) is 12.1. The maximum Gasteiger partial charge on any atom is 0.337 e. The van der Waals surface area contributed by atoms with Gasteiger partial charge in [0.1, 0.15) is 0 Å². The summed E-state index contributed by atoms with van der Waals surface area (Å²) >= 11 is 0. The molecule has 1 aliphatic rings. The van der Waals surface area contributed by atoms with Crippen molar-refractivity contribution in [2.75, 3.05) is 7.11 Å². The van der Waals surface area contributed by atoms with Crippen LogP contribution in [0.4, 0.5) is 0 Å². The van der Waals surface area contributed by atoms with Crippen molar-refractivity contribution in [3.8, 4) is 0 Å². The zero-order valence-corrected chi connectivity index (χ0v) is 17.3. The number of hydrogen-bond donors (Lipinski definition) is 0. The summed E-state index contributed by atoms with van der Waals surface area (Å²) < 4.78 is 4.91. The Labute approximate surface area is 148 Å². The molecular weight excluding hydrogens is 312 g/mol. The van der Waals surface area contributed by atoms with Gasteiger partial charge in [0.05, 0.1) is 20.7 Å². The van der Waals surface area contributed by atoms with Crippen molar-refractivity contribution in [1.29, 1.82) is 0 Å². The first kappa shape index (κ1) is 19.0. The van der Waals surface area contributed by atoms with Crippen LogP contribution in [0.1, 0.15) is 74.4 Å². The molecule has 0 aromatic heterocycles. The summed E-state index contributed by atoms with van der Waals surface area (Å²) in [5.41, 5.74) is 3.29. The van der Waals surface area contributed by atoms with Crippen LogP contribution in [0.3, 0.4) is 0 Å². The highest BCUT2D eigenvalue weighted by Crippen LogP contribution is 2.51. The lowest BCUT2D eigenvalue weighted by Gasteiger charge is -2.41. The lowest BCUT2D eigenvalue weighted by molar-refractivity contribution is 0.0600. The standard InChI is InChI=1S/C21H32O2Si/c1-8-9-10-17-18-13-16(20(22)23-5)12-11-15(18)14-19(17)24(6,7)21(2,3)4/h11-14,17H,8-10H2,1-7H3/t17-/m0/s1. The summed E-state index contributed by atoms with van der Waals surface area (Å²) in [4.78, 5) is 11.9. The Bertz CT molecular complexity index is 650. The normalized spacial score (nSPS) is 17.5. The van der Waals surface area contributed by atoms with Crippen molar-refractivity contribution in [3.05, 3.63) is 40.1 Å². The molecule has 1 aromatic carbocycles. The van der Waals surface area contributed by atoms with Gasteiger partial charge in [0.15, 0.2) is 0 Å². The molecule has 0 radical (unpaired) electrons. The van der Waals surface area contributed by atoms with E-state index in [4.69, 9.17) is 4.74 Å². The Morgan fingerprint density at radius 3 is 2.46 bits per heavy atom. The largest absolute Gasteiger partial charge is 0.465 e. The summed E-state index contributed by atoms with van der Waals surface area (Å²) in [7, 11) is -0.143. The number of allylic oxidation sites excluding steroid dienone is 1. The van der Waals surface area contributed by atoms with E-state index < -0.39 is 8.07 Å². The van der Waals surface area contributed by atoms with Gasteiger partial charge in [-0.25, -0.2) is 4.79 Å². The molecule has 1 aromatic rings. The van der Waals surface area contributed by atoms with Crippen LogP contribution in [-0.4, -0.2) is 21.2 Å². The second kappa shape index (κ2) is 6.87. The third-order valence-electron chi connectivity index (χ3n) is 6.01. The molecule has 3 heteroatoms. The van der Waals surface area contributed by atoms with E-state index in [0.29, 0.717) is 16.5 Å². The monoisotopic (exact) mass is 344 g/mol. The average molecular weight is 345 g/mol. The fraction of sp³-hybridized carbons (Fsp3) is 0.571. The first-order valence-electron chi connectivity index (χ1n) is 9.07. The predicted molar refractivity (Wildman–Crippen MR) is 105 cm³/mol. The topological polar surface area (TPSA) is 26.3 Å². The number of ether oxygens (including phenoxy) is 1. The van der Waals surface area contributed by atoms with Gasteiger partial charge in [-0.05, 0) is 34.7 Å². The van der Waals surface area contributed by atoms with Crippen LogP contribution in [0.5, 0.6) is 0 Å². The molecule has 0 bridgehead atoms. The number of carbonyl (C=O) groups is 1. The summed E-state index contributed by atoms with van der Waals surface area (Å²) in [6.07, 6.45) is 6.02. The molecular formula is C21H32O2Si. The smallest absolute Gasteiger partial charge is 0.337 e. The van der Waals surface area contributed by atoms with Gasteiger partial charge in [-0.15, -0.1) is 0 Å². The van der Waals surface area contributed by atoms with E-state index in [9.17, 15) is 4.79 Å². The Morgan fingerprint density at radius 2 is 1.92 bits per heavy atom. The molecule has 2 nitrogen and oxygen atoms in total. The highest BCUT2D eigenvalue weighted by Gasteiger charge is 2.43. The molecule has 132 valence electrons. The number of esters is 1. The maximum absolute atomic E-state index is 11.9. The number of carbonyl (C=O) groups excluding carboxylic acids is 1. The third-order valence-corrected chi connectivity index (χ3v) is 11.7. The number of unbranched alkanes of at least 4 members (excludes halogenated alkanes) is 1. The summed E-state index contributed by atoms with van der Waals surface area (Å²) in [5.74, 6) is 0.221. The zero-order chi connectivity index (χ0) is 18.1. The van der Waals surface area contributed by atoms with Gasteiger partial charge in [-0.3, -0.25) is 0 Å². The van der Waals surface area contributed by atoms with E-state index >= 15 is 0 Å². The molecule has 0 fully saturated rings. The van der Waals surface area contributed by atoms with Crippen molar-refractivity contribution in [2.45, 2.75) is 71.0 Å². The molecule has 0 saturated carbocycles. The zero-order valence-electron chi connectivity index (χ0n) is 16.3. The second-order valence-electron chi connectivity index (χ2n) is 8.50. The number of benzene rings is 1. The lowest BCUT2D eigenvalue weighted by Crippen LogP contribution is -2.41. The fourth-order valence-electron chi connectivity index (χ4n) is 3.46. The van der Waals surface area contributed by atoms with E-state index in [1.807, 2.05) is 6.07 Å². The van der Waals surface area contributed by atoms with Crippen molar-refractivity contribution >= 4 is 20.1 Å². The van der Waals surface area contributed by atoms with Gasteiger partial charge in [0, 0.05) is 5.92 Å². The number of hydrogen-bond acceptors (Lipinski definition) is 2. The highest BCUT2D eigenvalue weighted by molar-refractivity contribution is 6.87. The van der Waals surface area contributed by atoms with Crippen LogP contribution in [0.15, 0.2) is 23.4 Å². The Balaban J connectivity index is 2.49. The van der Waals surface area contributed by atoms with Crippen molar-refractivity contribution in [1.82, 2.24) is 0 Å². The van der Waals surface area contributed by atoms with Crippen LogP contribution in [0, 0.1) is 0 Å². The Hall–Kier alpha value is -1.35. The fourth-order valence-corrected chi connectivity index (χ4v) is 6.01. The van der Waals surface area contributed by atoms with E-state index in [2.05, 4.69) is 59.0 Å². The minimum atomic E-state index is -1.59. The van der Waals surface area contributed by atoms with Crippen LogP contribution in [0.2, 0.25) is 18.1 Å². The van der Waals surface area contributed by atoms with Gasteiger partial charge in [0.2, 0.25) is 0 Å². The average Bonchev–Trinajstić information content (AvgIpc) is 2.89. The van der Waals surface area contributed by atoms with Crippen LogP contribution < -0.4 is 0 Å². The summed E-state index contributed by atoms with van der Waals surface area (Å²) in [6.45, 7) is 14.4. The van der Waals surface area contributed by atoms with E-state index in [1.54, 1.807) is 5.20 Å². The van der Waals surface area contributed by atoms with Crippen molar-refractivity contribution < 1.29 is 9.53 Å². The number of methoxy groups -OCH3 is 1. The molecule has 0 spiro atoms. The molecule has 2 rings (SSSR count). The molecule has 1 atom stereocenters. The number of fused-ring (bicyclic) bond motifs is 1. The predicted octanol–water partition coefficient (Wildman–Crippen LogP) is 6.19. The van der Waals surface area contributed by atoms with Crippen LogP contribution >= 0.6 is 0 Å². The second-order valence-corrected chi connectivity index (χ2v) is 13.8.